The second-order valence-electron chi connectivity index (χ2n) is 3.41. The van der Waals surface area contributed by atoms with Gasteiger partial charge in [-0.3, -0.25) is 4.79 Å². The minimum Gasteiger partial charge on any atom is -0.294 e. The number of hydrogen-bond acceptors (Lipinski definition) is 1. The summed E-state index contributed by atoms with van der Waals surface area (Å²) >= 11 is 5.95. The number of Topliss-reactive ketones (excluding diaryl/α,β-unsaturated/α-hetero) is 1. The molecule has 0 amide bonds. The monoisotopic (exact) mass is 196 g/mol. The Morgan fingerprint density at radius 3 is 2.38 bits per heavy atom. The molecular formula is C11H13ClO. The van der Waals surface area contributed by atoms with Crippen LogP contribution in [-0.4, -0.2) is 5.78 Å². The molecule has 0 radical (unpaired) electrons. The van der Waals surface area contributed by atoms with Crippen molar-refractivity contribution >= 4 is 17.4 Å². The smallest absolute Gasteiger partial charge is 0.161 e. The summed E-state index contributed by atoms with van der Waals surface area (Å²) in [5, 5.41) is 0.554. The fourth-order valence-electron chi connectivity index (χ4n) is 1.39. The van der Waals surface area contributed by atoms with Crippen LogP contribution < -0.4 is 0 Å². The van der Waals surface area contributed by atoms with Crippen molar-refractivity contribution in [1.29, 1.82) is 0 Å². The van der Waals surface area contributed by atoms with Gasteiger partial charge < -0.3 is 0 Å². The first kappa shape index (κ1) is 10.3. The quantitative estimate of drug-likeness (QED) is 0.660. The number of carbonyl (C=O) groups excluding carboxylic acids is 1. The predicted octanol–water partition coefficient (Wildman–Crippen LogP) is 3.67. The van der Waals surface area contributed by atoms with Gasteiger partial charge in [-0.25, -0.2) is 0 Å². The van der Waals surface area contributed by atoms with Crippen molar-refractivity contribution in [3.8, 4) is 0 Å². The van der Waals surface area contributed by atoms with Crippen molar-refractivity contribution in [3.05, 3.63) is 34.3 Å². The number of ketones is 1. The van der Waals surface area contributed by atoms with Crippen LogP contribution in [0.1, 0.15) is 42.6 Å². The topological polar surface area (TPSA) is 17.1 Å². The highest BCUT2D eigenvalue weighted by Gasteiger charge is 2.13. The first-order chi connectivity index (χ1) is 6.04. The normalized spacial score (nSPS) is 10.5. The third-order valence-electron chi connectivity index (χ3n) is 2.02. The van der Waals surface area contributed by atoms with E-state index in [0.29, 0.717) is 16.5 Å². The minimum absolute atomic E-state index is 0.0364. The third-order valence-corrected chi connectivity index (χ3v) is 2.33. The lowest BCUT2D eigenvalue weighted by molar-refractivity contribution is 0.101. The Hall–Kier alpha value is -0.820. The molecule has 0 aliphatic carbocycles. The number of rotatable bonds is 2. The van der Waals surface area contributed by atoms with Crippen LogP contribution in [0.15, 0.2) is 18.2 Å². The SMILES string of the molecule is CC(=O)c1c(Cl)cccc1C(C)C. The Labute approximate surface area is 83.7 Å². The van der Waals surface area contributed by atoms with Gasteiger partial charge in [-0.05, 0) is 24.5 Å². The average molecular weight is 197 g/mol. The summed E-state index contributed by atoms with van der Waals surface area (Å²) in [5.74, 6) is 0.367. The maximum atomic E-state index is 11.3. The maximum absolute atomic E-state index is 11.3. The molecule has 0 aromatic heterocycles. The van der Waals surface area contributed by atoms with Gasteiger partial charge >= 0.3 is 0 Å². The minimum atomic E-state index is 0.0364. The summed E-state index contributed by atoms with van der Waals surface area (Å²) < 4.78 is 0. The molecule has 70 valence electrons. The summed E-state index contributed by atoms with van der Waals surface area (Å²) in [6, 6.07) is 5.58. The van der Waals surface area contributed by atoms with Crippen LogP contribution in [0.2, 0.25) is 5.02 Å². The average Bonchev–Trinajstić information content (AvgIpc) is 2.02. The van der Waals surface area contributed by atoms with Crippen molar-refractivity contribution in [2.45, 2.75) is 26.7 Å². The highest BCUT2D eigenvalue weighted by molar-refractivity contribution is 6.34. The predicted molar refractivity (Wildman–Crippen MR) is 55.5 cm³/mol. The molecular weight excluding hydrogens is 184 g/mol. The van der Waals surface area contributed by atoms with Crippen molar-refractivity contribution in [3.63, 3.8) is 0 Å². The Kier molecular flexibility index (Phi) is 3.10. The van der Waals surface area contributed by atoms with E-state index in [9.17, 15) is 4.79 Å². The van der Waals surface area contributed by atoms with Crippen LogP contribution in [0.3, 0.4) is 0 Å². The number of halogens is 1. The number of hydrogen-bond donors (Lipinski definition) is 0. The zero-order valence-electron chi connectivity index (χ0n) is 8.10. The van der Waals surface area contributed by atoms with Gasteiger partial charge in [-0.15, -0.1) is 0 Å². The van der Waals surface area contributed by atoms with E-state index < -0.39 is 0 Å². The van der Waals surface area contributed by atoms with Crippen LogP contribution in [0.4, 0.5) is 0 Å². The molecule has 0 N–H and O–H groups in total. The van der Waals surface area contributed by atoms with Crippen LogP contribution in [-0.2, 0) is 0 Å². The van der Waals surface area contributed by atoms with Crippen LogP contribution in [0.25, 0.3) is 0 Å². The molecule has 1 rings (SSSR count). The largest absolute Gasteiger partial charge is 0.294 e. The fourth-order valence-corrected chi connectivity index (χ4v) is 1.71. The first-order valence-corrected chi connectivity index (χ1v) is 4.71. The molecule has 1 nitrogen and oxygen atoms in total. The van der Waals surface area contributed by atoms with E-state index in [2.05, 4.69) is 13.8 Å². The molecule has 0 atom stereocenters. The molecule has 0 saturated heterocycles. The molecule has 0 heterocycles. The van der Waals surface area contributed by atoms with Crippen molar-refractivity contribution in [2.24, 2.45) is 0 Å². The number of carbonyl (C=O) groups is 1. The van der Waals surface area contributed by atoms with E-state index in [-0.39, 0.29) is 5.78 Å². The summed E-state index contributed by atoms with van der Waals surface area (Å²) in [6.07, 6.45) is 0. The molecule has 0 aliphatic rings. The van der Waals surface area contributed by atoms with Crippen LogP contribution >= 0.6 is 11.6 Å². The lowest BCUT2D eigenvalue weighted by Gasteiger charge is -2.11. The Bertz CT molecular complexity index is 329. The van der Waals surface area contributed by atoms with Crippen molar-refractivity contribution in [1.82, 2.24) is 0 Å². The zero-order chi connectivity index (χ0) is 10.0. The Morgan fingerprint density at radius 2 is 2.00 bits per heavy atom. The van der Waals surface area contributed by atoms with Crippen LogP contribution in [0.5, 0.6) is 0 Å². The number of benzene rings is 1. The van der Waals surface area contributed by atoms with Gasteiger partial charge in [-0.2, -0.15) is 0 Å². The maximum Gasteiger partial charge on any atom is 0.161 e. The third kappa shape index (κ3) is 2.10. The highest BCUT2D eigenvalue weighted by atomic mass is 35.5. The van der Waals surface area contributed by atoms with Gasteiger partial charge in [0.2, 0.25) is 0 Å². The molecule has 1 aromatic carbocycles. The van der Waals surface area contributed by atoms with Gasteiger partial charge in [0, 0.05) is 5.56 Å². The molecule has 2 heteroatoms. The lowest BCUT2D eigenvalue weighted by atomic mass is 9.95. The van der Waals surface area contributed by atoms with E-state index >= 15 is 0 Å². The van der Waals surface area contributed by atoms with E-state index in [1.54, 1.807) is 13.0 Å². The van der Waals surface area contributed by atoms with Gasteiger partial charge in [0.25, 0.3) is 0 Å². The summed E-state index contributed by atoms with van der Waals surface area (Å²) in [7, 11) is 0. The molecule has 0 fully saturated rings. The summed E-state index contributed by atoms with van der Waals surface area (Å²) in [5.41, 5.74) is 1.69. The first-order valence-electron chi connectivity index (χ1n) is 4.33. The molecule has 0 saturated carbocycles. The van der Waals surface area contributed by atoms with Crippen LogP contribution in [0, 0.1) is 0 Å². The standard InChI is InChI=1S/C11H13ClO/c1-7(2)9-5-4-6-10(12)11(9)8(3)13/h4-7H,1-3H3. The summed E-state index contributed by atoms with van der Waals surface area (Å²) in [4.78, 5) is 11.3. The lowest BCUT2D eigenvalue weighted by Crippen LogP contribution is -2.01. The van der Waals surface area contributed by atoms with Gasteiger partial charge in [-0.1, -0.05) is 37.6 Å². The Balaban J connectivity index is 3.34. The van der Waals surface area contributed by atoms with E-state index in [4.69, 9.17) is 11.6 Å². The molecule has 13 heavy (non-hydrogen) atoms. The van der Waals surface area contributed by atoms with Gasteiger partial charge in [0.15, 0.2) is 5.78 Å². The summed E-state index contributed by atoms with van der Waals surface area (Å²) in [6.45, 7) is 5.66. The van der Waals surface area contributed by atoms with Crippen molar-refractivity contribution < 1.29 is 4.79 Å². The molecule has 1 aromatic rings. The van der Waals surface area contributed by atoms with E-state index in [1.165, 1.54) is 0 Å². The van der Waals surface area contributed by atoms with Gasteiger partial charge in [0.1, 0.15) is 0 Å². The van der Waals surface area contributed by atoms with Gasteiger partial charge in [0.05, 0.1) is 5.02 Å². The molecule has 0 spiro atoms. The van der Waals surface area contributed by atoms with Crippen molar-refractivity contribution in [2.75, 3.05) is 0 Å². The second-order valence-corrected chi connectivity index (χ2v) is 3.82. The van der Waals surface area contributed by atoms with E-state index in [0.717, 1.165) is 5.56 Å². The molecule has 0 aliphatic heterocycles. The second kappa shape index (κ2) is 3.93. The zero-order valence-corrected chi connectivity index (χ0v) is 8.85. The molecule has 0 bridgehead atoms. The fraction of sp³-hybridized carbons (Fsp3) is 0.364. The highest BCUT2D eigenvalue weighted by Crippen LogP contribution is 2.26. The Morgan fingerprint density at radius 1 is 1.38 bits per heavy atom. The van der Waals surface area contributed by atoms with E-state index in [1.807, 2.05) is 12.1 Å². The molecule has 0 unspecified atom stereocenters.